The van der Waals surface area contributed by atoms with Gasteiger partial charge in [-0.05, 0) is 48.7 Å². The molecule has 0 saturated heterocycles. The number of hydrogen-bond acceptors (Lipinski definition) is 6. The van der Waals surface area contributed by atoms with E-state index in [4.69, 9.17) is 4.74 Å². The van der Waals surface area contributed by atoms with E-state index in [0.717, 1.165) is 31.0 Å². The molecule has 196 valence electrons. The number of amides is 3. The van der Waals surface area contributed by atoms with Crippen molar-refractivity contribution in [1.82, 2.24) is 15.3 Å². The summed E-state index contributed by atoms with van der Waals surface area (Å²) >= 11 is 1.20. The number of thiazole rings is 1. The fourth-order valence-corrected chi connectivity index (χ4v) is 4.24. The SMILES string of the molecule is O=C(NCc1ccc(C(F)(F)F)cc1)Nc1cc(Oc2ccc3nc(NC(=O)C4CC4)sc3n2)ccc1F. The number of nitrogens with one attached hydrogen (secondary N) is 3. The van der Waals surface area contributed by atoms with E-state index in [2.05, 4.69) is 25.9 Å². The zero-order valence-electron chi connectivity index (χ0n) is 19.4. The monoisotopic (exact) mass is 545 g/mol. The molecule has 8 nitrogen and oxygen atoms in total. The van der Waals surface area contributed by atoms with E-state index in [0.29, 0.717) is 21.0 Å². The van der Waals surface area contributed by atoms with Crippen LogP contribution in [0.2, 0.25) is 0 Å². The molecule has 5 rings (SSSR count). The van der Waals surface area contributed by atoms with Gasteiger partial charge in [0.1, 0.15) is 21.9 Å². The summed E-state index contributed by atoms with van der Waals surface area (Å²) in [4.78, 5) is 33.5. The van der Waals surface area contributed by atoms with Crippen molar-refractivity contribution in [1.29, 1.82) is 0 Å². The summed E-state index contributed by atoms with van der Waals surface area (Å²) in [7, 11) is 0. The number of halogens is 4. The highest BCUT2D eigenvalue weighted by molar-refractivity contribution is 7.21. The van der Waals surface area contributed by atoms with Crippen LogP contribution in [0.5, 0.6) is 11.6 Å². The van der Waals surface area contributed by atoms with E-state index in [1.54, 1.807) is 12.1 Å². The molecule has 13 heteroatoms. The molecule has 0 unspecified atom stereocenters. The molecular weight excluding hydrogens is 526 g/mol. The Kier molecular flexibility index (Phi) is 6.85. The first-order valence-electron chi connectivity index (χ1n) is 11.4. The summed E-state index contributed by atoms with van der Waals surface area (Å²) in [5, 5.41) is 8.04. The van der Waals surface area contributed by atoms with Gasteiger partial charge < -0.3 is 20.7 Å². The molecule has 0 atom stereocenters. The van der Waals surface area contributed by atoms with E-state index >= 15 is 0 Å². The molecule has 0 spiro atoms. The third kappa shape index (κ3) is 6.17. The second kappa shape index (κ2) is 10.2. The second-order valence-electron chi connectivity index (χ2n) is 8.50. The number of ether oxygens (including phenoxy) is 1. The molecule has 2 aromatic heterocycles. The normalized spacial score (nSPS) is 13.3. The lowest BCUT2D eigenvalue weighted by Gasteiger charge is -2.11. The summed E-state index contributed by atoms with van der Waals surface area (Å²) < 4.78 is 58.1. The lowest BCUT2D eigenvalue weighted by atomic mass is 10.1. The Bertz CT molecular complexity index is 1500. The van der Waals surface area contributed by atoms with Gasteiger partial charge in [-0.2, -0.15) is 13.2 Å². The molecule has 2 heterocycles. The Morgan fingerprint density at radius 3 is 2.47 bits per heavy atom. The van der Waals surface area contributed by atoms with E-state index < -0.39 is 23.6 Å². The summed E-state index contributed by atoms with van der Waals surface area (Å²) in [6.07, 6.45) is -2.70. The van der Waals surface area contributed by atoms with Gasteiger partial charge in [-0.1, -0.05) is 23.5 Å². The highest BCUT2D eigenvalue weighted by Crippen LogP contribution is 2.33. The van der Waals surface area contributed by atoms with Gasteiger partial charge in [0.2, 0.25) is 11.8 Å². The van der Waals surface area contributed by atoms with Crippen LogP contribution in [0.1, 0.15) is 24.0 Å². The maximum atomic E-state index is 14.3. The van der Waals surface area contributed by atoms with Crippen LogP contribution in [0.15, 0.2) is 54.6 Å². The molecule has 0 bridgehead atoms. The van der Waals surface area contributed by atoms with Crippen molar-refractivity contribution in [3.05, 3.63) is 71.5 Å². The number of anilines is 2. The van der Waals surface area contributed by atoms with Crippen molar-refractivity contribution >= 4 is 44.4 Å². The molecule has 3 amide bonds. The summed E-state index contributed by atoms with van der Waals surface area (Å²) in [6, 6.07) is 10.6. The third-order valence-electron chi connectivity index (χ3n) is 5.55. The molecule has 1 fully saturated rings. The van der Waals surface area contributed by atoms with Crippen molar-refractivity contribution in [2.24, 2.45) is 5.92 Å². The number of aromatic nitrogens is 2. The average Bonchev–Trinajstić information content (AvgIpc) is 3.65. The van der Waals surface area contributed by atoms with Crippen LogP contribution in [0.3, 0.4) is 0 Å². The highest BCUT2D eigenvalue weighted by Gasteiger charge is 2.30. The molecular formula is C25H19F4N5O3S. The zero-order valence-corrected chi connectivity index (χ0v) is 20.3. The number of fused-ring (bicyclic) bond motifs is 1. The number of pyridine rings is 1. The molecule has 0 radical (unpaired) electrons. The predicted molar refractivity (Wildman–Crippen MR) is 133 cm³/mol. The Morgan fingerprint density at radius 2 is 1.76 bits per heavy atom. The van der Waals surface area contributed by atoms with Crippen LogP contribution in [-0.2, 0) is 17.5 Å². The fraction of sp³-hybridized carbons (Fsp3) is 0.200. The largest absolute Gasteiger partial charge is 0.439 e. The molecule has 2 aromatic carbocycles. The van der Waals surface area contributed by atoms with Crippen LogP contribution in [-0.4, -0.2) is 21.9 Å². The van der Waals surface area contributed by atoms with Crippen LogP contribution in [0.4, 0.5) is 33.2 Å². The Labute approximate surface area is 217 Å². The Hall–Kier alpha value is -4.26. The van der Waals surface area contributed by atoms with Crippen LogP contribution in [0.25, 0.3) is 10.3 Å². The third-order valence-corrected chi connectivity index (χ3v) is 6.43. The number of nitrogens with zero attached hydrogens (tertiary/aromatic N) is 2. The van der Waals surface area contributed by atoms with Crippen molar-refractivity contribution in [3.8, 4) is 11.6 Å². The number of rotatable bonds is 7. The minimum atomic E-state index is -4.45. The summed E-state index contributed by atoms with van der Waals surface area (Å²) in [6.45, 7) is -0.0658. The lowest BCUT2D eigenvalue weighted by molar-refractivity contribution is -0.137. The van der Waals surface area contributed by atoms with Gasteiger partial charge in [0.05, 0.1) is 11.3 Å². The van der Waals surface area contributed by atoms with Crippen LogP contribution in [0, 0.1) is 11.7 Å². The van der Waals surface area contributed by atoms with Gasteiger partial charge in [0.25, 0.3) is 0 Å². The first-order chi connectivity index (χ1) is 18.1. The predicted octanol–water partition coefficient (Wildman–Crippen LogP) is 6.31. The van der Waals surface area contributed by atoms with Crippen molar-refractivity contribution < 1.29 is 31.9 Å². The number of carbonyl (C=O) groups excluding carboxylic acids is 2. The average molecular weight is 546 g/mol. The van der Waals surface area contributed by atoms with Gasteiger partial charge >= 0.3 is 12.2 Å². The van der Waals surface area contributed by atoms with Crippen LogP contribution < -0.4 is 20.7 Å². The maximum absolute atomic E-state index is 14.3. The molecule has 0 aliphatic heterocycles. The minimum absolute atomic E-state index is 0.0436. The van der Waals surface area contributed by atoms with Crippen molar-refractivity contribution in [2.75, 3.05) is 10.6 Å². The zero-order chi connectivity index (χ0) is 26.9. The smallest absolute Gasteiger partial charge is 0.416 e. The first-order valence-corrected chi connectivity index (χ1v) is 12.2. The number of hydrogen-bond donors (Lipinski definition) is 3. The van der Waals surface area contributed by atoms with Gasteiger partial charge in [-0.25, -0.2) is 19.2 Å². The second-order valence-corrected chi connectivity index (χ2v) is 9.48. The molecule has 4 aromatic rings. The number of urea groups is 1. The first kappa shape index (κ1) is 25.4. The Morgan fingerprint density at radius 1 is 1.00 bits per heavy atom. The van der Waals surface area contributed by atoms with E-state index in [-0.39, 0.29) is 35.7 Å². The molecule has 1 aliphatic rings. The minimum Gasteiger partial charge on any atom is -0.439 e. The topological polar surface area (TPSA) is 105 Å². The maximum Gasteiger partial charge on any atom is 0.416 e. The van der Waals surface area contributed by atoms with Crippen molar-refractivity contribution in [3.63, 3.8) is 0 Å². The number of alkyl halides is 3. The van der Waals surface area contributed by atoms with Crippen molar-refractivity contribution in [2.45, 2.75) is 25.6 Å². The number of benzene rings is 2. The standard InChI is InChI=1S/C25H19F4N5O3S/c26-17-8-7-16(11-19(17)31-23(36)30-12-13-1-5-15(6-2-13)25(27,28)29)37-20-10-9-18-22(33-20)38-24(32-18)34-21(35)14-3-4-14/h1-2,5-11,14H,3-4,12H2,(H2,30,31,36)(H,32,34,35). The van der Waals surface area contributed by atoms with Gasteiger partial charge in [0.15, 0.2) is 5.13 Å². The highest BCUT2D eigenvalue weighted by atomic mass is 32.1. The van der Waals surface area contributed by atoms with Gasteiger partial charge in [-0.3, -0.25) is 4.79 Å². The van der Waals surface area contributed by atoms with E-state index in [1.807, 2.05) is 0 Å². The fourth-order valence-electron chi connectivity index (χ4n) is 3.41. The number of carbonyl (C=O) groups is 2. The Balaban J connectivity index is 1.20. The van der Waals surface area contributed by atoms with E-state index in [1.165, 1.54) is 35.6 Å². The quantitative estimate of drug-likeness (QED) is 0.236. The van der Waals surface area contributed by atoms with Gasteiger partial charge in [0, 0.05) is 24.6 Å². The molecule has 3 N–H and O–H groups in total. The van der Waals surface area contributed by atoms with Gasteiger partial charge in [-0.15, -0.1) is 0 Å². The summed E-state index contributed by atoms with van der Waals surface area (Å²) in [5.74, 6) is -0.338. The molecule has 1 saturated carbocycles. The van der Waals surface area contributed by atoms with Crippen LogP contribution >= 0.6 is 11.3 Å². The molecule has 38 heavy (non-hydrogen) atoms. The summed E-state index contributed by atoms with van der Waals surface area (Å²) in [5.41, 5.74) is 0.0517. The lowest BCUT2D eigenvalue weighted by Crippen LogP contribution is -2.28. The van der Waals surface area contributed by atoms with E-state index in [9.17, 15) is 27.2 Å². The molecule has 1 aliphatic carbocycles.